The molecule has 0 fully saturated rings. The lowest BCUT2D eigenvalue weighted by atomic mass is 9.90. The molecule has 0 N–H and O–H groups in total. The molecule has 0 saturated heterocycles. The lowest BCUT2D eigenvalue weighted by molar-refractivity contribution is -0.143. The van der Waals surface area contributed by atoms with Crippen molar-refractivity contribution in [1.82, 2.24) is 4.98 Å². The van der Waals surface area contributed by atoms with Gasteiger partial charge in [0, 0.05) is 11.8 Å². The number of pyridine rings is 1. The molecular weight excluding hydrogens is 410 g/mol. The predicted octanol–water partition coefficient (Wildman–Crippen LogP) is 5.95. The molecular formula is C21H12F6N2O. The maximum absolute atomic E-state index is 13.2. The number of fused-ring (bicyclic) bond motifs is 1. The fraction of sp³-hybridized carbons (Fsp3) is 0.143. The van der Waals surface area contributed by atoms with Crippen molar-refractivity contribution in [2.75, 3.05) is 4.90 Å². The van der Waals surface area contributed by atoms with Crippen LogP contribution in [0.2, 0.25) is 0 Å². The van der Waals surface area contributed by atoms with E-state index < -0.39 is 29.4 Å². The summed E-state index contributed by atoms with van der Waals surface area (Å²) in [6.07, 6.45) is -8.41. The van der Waals surface area contributed by atoms with Crippen LogP contribution in [-0.4, -0.2) is 10.9 Å². The van der Waals surface area contributed by atoms with E-state index in [1.807, 2.05) is 0 Å². The van der Waals surface area contributed by atoms with E-state index in [2.05, 4.69) is 4.98 Å². The Morgan fingerprint density at radius 1 is 0.867 bits per heavy atom. The van der Waals surface area contributed by atoms with Crippen LogP contribution in [0, 0.1) is 0 Å². The summed E-state index contributed by atoms with van der Waals surface area (Å²) in [5.74, 6) is -0.403. The average Bonchev–Trinajstić information content (AvgIpc) is 2.67. The molecule has 0 unspecified atom stereocenters. The highest BCUT2D eigenvalue weighted by atomic mass is 19.4. The molecule has 1 amide bonds. The number of alkyl halides is 6. The van der Waals surface area contributed by atoms with Crippen LogP contribution in [0.1, 0.15) is 27.2 Å². The molecule has 3 aromatic rings. The van der Waals surface area contributed by atoms with Crippen LogP contribution in [0.4, 0.5) is 32.0 Å². The normalized spacial score (nSPS) is 13.6. The van der Waals surface area contributed by atoms with Gasteiger partial charge in [-0.3, -0.25) is 9.78 Å². The minimum absolute atomic E-state index is 0.0541. The number of halogens is 6. The van der Waals surface area contributed by atoms with E-state index in [-0.39, 0.29) is 29.4 Å². The Hall–Kier alpha value is -3.36. The largest absolute Gasteiger partial charge is 0.416 e. The summed E-state index contributed by atoms with van der Waals surface area (Å²) in [5, 5.41) is 0. The van der Waals surface area contributed by atoms with Crippen LogP contribution in [0.25, 0.3) is 11.1 Å². The van der Waals surface area contributed by atoms with E-state index in [1.165, 1.54) is 29.3 Å². The smallest absolute Gasteiger partial charge is 0.302 e. The van der Waals surface area contributed by atoms with E-state index >= 15 is 0 Å². The minimum atomic E-state index is -4.93. The molecule has 2 aromatic carbocycles. The summed E-state index contributed by atoms with van der Waals surface area (Å²) in [6.45, 7) is 0.0541. The highest BCUT2D eigenvalue weighted by molar-refractivity contribution is 6.08. The van der Waals surface area contributed by atoms with Crippen molar-refractivity contribution in [3.63, 3.8) is 0 Å². The van der Waals surface area contributed by atoms with Crippen molar-refractivity contribution >= 4 is 11.6 Å². The van der Waals surface area contributed by atoms with Gasteiger partial charge in [-0.15, -0.1) is 0 Å². The first-order chi connectivity index (χ1) is 14.1. The van der Waals surface area contributed by atoms with Crippen molar-refractivity contribution in [1.29, 1.82) is 0 Å². The molecule has 0 spiro atoms. The van der Waals surface area contributed by atoms with Gasteiger partial charge in [-0.25, -0.2) is 0 Å². The molecule has 9 heteroatoms. The number of hydrogen-bond acceptors (Lipinski definition) is 2. The topological polar surface area (TPSA) is 33.2 Å². The predicted molar refractivity (Wildman–Crippen MR) is 96.6 cm³/mol. The van der Waals surface area contributed by atoms with Crippen molar-refractivity contribution in [2.24, 2.45) is 0 Å². The maximum Gasteiger partial charge on any atom is 0.416 e. The van der Waals surface area contributed by atoms with Crippen LogP contribution in [0.5, 0.6) is 0 Å². The molecule has 0 saturated carbocycles. The zero-order valence-corrected chi connectivity index (χ0v) is 15.1. The Morgan fingerprint density at radius 3 is 2.10 bits per heavy atom. The summed E-state index contributed by atoms with van der Waals surface area (Å²) in [7, 11) is 0. The van der Waals surface area contributed by atoms with Crippen LogP contribution < -0.4 is 4.90 Å². The van der Waals surface area contributed by atoms with E-state index in [4.69, 9.17) is 0 Å². The lowest BCUT2D eigenvalue weighted by Crippen LogP contribution is -2.39. The van der Waals surface area contributed by atoms with Gasteiger partial charge in [-0.2, -0.15) is 26.3 Å². The average molecular weight is 422 g/mol. The number of rotatable bonds is 2. The Kier molecular flexibility index (Phi) is 4.56. The van der Waals surface area contributed by atoms with Crippen LogP contribution in [0.15, 0.2) is 60.8 Å². The van der Waals surface area contributed by atoms with Crippen LogP contribution in [-0.2, 0) is 18.9 Å². The first-order valence-electron chi connectivity index (χ1n) is 8.70. The van der Waals surface area contributed by atoms with Gasteiger partial charge >= 0.3 is 12.4 Å². The monoisotopic (exact) mass is 422 g/mol. The second-order valence-corrected chi connectivity index (χ2v) is 6.70. The molecule has 0 bridgehead atoms. The number of carbonyl (C=O) groups excluding carboxylic acids is 1. The van der Waals surface area contributed by atoms with E-state index in [1.54, 1.807) is 18.2 Å². The van der Waals surface area contributed by atoms with Gasteiger partial charge in [0.1, 0.15) is 5.69 Å². The van der Waals surface area contributed by atoms with Crippen LogP contribution >= 0.6 is 0 Å². The second kappa shape index (κ2) is 6.86. The van der Waals surface area contributed by atoms with Gasteiger partial charge < -0.3 is 4.90 Å². The summed E-state index contributed by atoms with van der Waals surface area (Å²) >= 11 is 0. The zero-order valence-electron chi connectivity index (χ0n) is 15.1. The number of benzene rings is 2. The Morgan fingerprint density at radius 2 is 1.53 bits per heavy atom. The molecule has 0 aliphatic carbocycles. The van der Waals surface area contributed by atoms with Crippen molar-refractivity contribution in [3.05, 3.63) is 83.2 Å². The minimum Gasteiger partial charge on any atom is -0.302 e. The fourth-order valence-corrected chi connectivity index (χ4v) is 3.34. The highest BCUT2D eigenvalue weighted by Gasteiger charge is 2.38. The number of hydrogen-bond donors (Lipinski definition) is 0. The van der Waals surface area contributed by atoms with Gasteiger partial charge in [0.15, 0.2) is 0 Å². The lowest BCUT2D eigenvalue weighted by Gasteiger charge is -2.36. The fourth-order valence-electron chi connectivity index (χ4n) is 3.34. The van der Waals surface area contributed by atoms with Crippen molar-refractivity contribution in [2.45, 2.75) is 18.9 Å². The second-order valence-electron chi connectivity index (χ2n) is 6.70. The molecule has 2 heterocycles. The molecule has 1 aliphatic rings. The van der Waals surface area contributed by atoms with Gasteiger partial charge in [0.25, 0.3) is 5.91 Å². The third-order valence-corrected chi connectivity index (χ3v) is 4.79. The summed E-state index contributed by atoms with van der Waals surface area (Å²) in [6, 6.07) is 10.8. The number of carbonyl (C=O) groups is 1. The van der Waals surface area contributed by atoms with E-state index in [0.29, 0.717) is 23.4 Å². The Bertz CT molecular complexity index is 1090. The number of amides is 1. The van der Waals surface area contributed by atoms with Crippen molar-refractivity contribution in [3.8, 4) is 11.1 Å². The highest BCUT2D eigenvalue weighted by Crippen LogP contribution is 2.44. The Balaban J connectivity index is 1.77. The molecule has 0 radical (unpaired) electrons. The zero-order chi connectivity index (χ0) is 21.7. The first-order valence-corrected chi connectivity index (χ1v) is 8.70. The van der Waals surface area contributed by atoms with Crippen molar-refractivity contribution < 1.29 is 31.1 Å². The van der Waals surface area contributed by atoms with Gasteiger partial charge in [0.05, 0.1) is 23.4 Å². The SMILES string of the molecule is O=C(c1ccccn1)N1Cc2c(-c3cc(C(F)(F)F)cc(C(F)(F)F)c3)cccc21. The molecule has 154 valence electrons. The molecule has 1 aliphatic heterocycles. The number of aromatic nitrogens is 1. The standard InChI is InChI=1S/C21H12F6N2O/c22-20(23,24)13-8-12(9-14(10-13)21(25,26)27)15-4-3-6-18-16(15)11-29(18)19(30)17-5-1-2-7-28-17/h1-10H,11H2. The third-order valence-electron chi connectivity index (χ3n) is 4.79. The Labute approximate surface area is 166 Å². The van der Waals surface area contributed by atoms with E-state index in [0.717, 1.165) is 0 Å². The third kappa shape index (κ3) is 3.51. The molecule has 3 nitrogen and oxygen atoms in total. The molecule has 30 heavy (non-hydrogen) atoms. The molecule has 1 aromatic heterocycles. The van der Waals surface area contributed by atoms with Gasteiger partial charge in [-0.05, 0) is 47.5 Å². The quantitative estimate of drug-likeness (QED) is 0.479. The molecule has 0 atom stereocenters. The van der Waals surface area contributed by atoms with Gasteiger partial charge in [0.2, 0.25) is 0 Å². The van der Waals surface area contributed by atoms with E-state index in [9.17, 15) is 31.1 Å². The summed E-state index contributed by atoms with van der Waals surface area (Å²) in [4.78, 5) is 17.9. The first kappa shape index (κ1) is 19.9. The number of anilines is 1. The summed E-state index contributed by atoms with van der Waals surface area (Å²) in [5.41, 5.74) is -1.65. The molecule has 4 rings (SSSR count). The summed E-state index contributed by atoms with van der Waals surface area (Å²) < 4.78 is 79.0. The van der Waals surface area contributed by atoms with Crippen LogP contribution in [0.3, 0.4) is 0 Å². The number of nitrogens with zero attached hydrogens (tertiary/aromatic N) is 2. The maximum atomic E-state index is 13.2. The van der Waals surface area contributed by atoms with Gasteiger partial charge in [-0.1, -0.05) is 18.2 Å².